The second-order valence-electron chi connectivity index (χ2n) is 5.72. The van der Waals surface area contributed by atoms with Crippen LogP contribution < -0.4 is 5.32 Å². The molecule has 0 spiro atoms. The lowest BCUT2D eigenvalue weighted by atomic mass is 10.1. The molecule has 0 unspecified atom stereocenters. The van der Waals surface area contributed by atoms with Crippen molar-refractivity contribution in [2.75, 3.05) is 5.32 Å². The number of benzene rings is 2. The van der Waals surface area contributed by atoms with Gasteiger partial charge in [0, 0.05) is 11.1 Å². The van der Waals surface area contributed by atoms with Crippen LogP contribution in [0.1, 0.15) is 26.6 Å². The van der Waals surface area contributed by atoms with Gasteiger partial charge in [0.05, 0.1) is 16.9 Å². The number of hydrogen-bond donors (Lipinski definition) is 2. The molecule has 7 heteroatoms. The molecular weight excluding hydrogens is 346 g/mol. The SMILES string of the molecule is Cc1nnsc1C(=O)Nc1ccccc1/C=C/c1n[nH]c2ccccc12. The van der Waals surface area contributed by atoms with Gasteiger partial charge < -0.3 is 5.32 Å². The predicted molar refractivity (Wildman–Crippen MR) is 104 cm³/mol. The Balaban J connectivity index is 1.62. The summed E-state index contributed by atoms with van der Waals surface area (Å²) in [5.41, 5.74) is 4.08. The maximum atomic E-state index is 12.4. The lowest BCUT2D eigenvalue weighted by molar-refractivity contribution is 0.103. The van der Waals surface area contributed by atoms with E-state index in [-0.39, 0.29) is 5.91 Å². The number of nitrogens with one attached hydrogen (secondary N) is 2. The highest BCUT2D eigenvalue weighted by atomic mass is 32.1. The molecule has 0 bridgehead atoms. The molecule has 0 saturated carbocycles. The quantitative estimate of drug-likeness (QED) is 0.572. The molecule has 1 amide bonds. The normalized spacial score (nSPS) is 11.3. The molecule has 2 aromatic carbocycles. The first kappa shape index (κ1) is 16.2. The van der Waals surface area contributed by atoms with E-state index in [1.807, 2.05) is 60.7 Å². The molecule has 0 aliphatic heterocycles. The Bertz CT molecular complexity index is 1110. The largest absolute Gasteiger partial charge is 0.321 e. The van der Waals surface area contributed by atoms with Crippen LogP contribution in [-0.4, -0.2) is 25.7 Å². The summed E-state index contributed by atoms with van der Waals surface area (Å²) in [4.78, 5) is 12.9. The molecule has 0 radical (unpaired) electrons. The number of carbonyl (C=O) groups is 1. The number of hydrogen-bond acceptors (Lipinski definition) is 5. The van der Waals surface area contributed by atoms with Crippen molar-refractivity contribution < 1.29 is 4.79 Å². The molecule has 128 valence electrons. The van der Waals surface area contributed by atoms with Crippen LogP contribution in [0.2, 0.25) is 0 Å². The summed E-state index contributed by atoms with van der Waals surface area (Å²) in [7, 11) is 0. The van der Waals surface area contributed by atoms with Gasteiger partial charge in [0.2, 0.25) is 0 Å². The first-order chi connectivity index (χ1) is 12.7. The zero-order valence-corrected chi connectivity index (χ0v) is 14.7. The Kier molecular flexibility index (Phi) is 4.28. The number of aryl methyl sites for hydroxylation is 1. The molecule has 4 rings (SSSR count). The maximum Gasteiger partial charge on any atom is 0.269 e. The predicted octanol–water partition coefficient (Wildman–Crippen LogP) is 4.15. The van der Waals surface area contributed by atoms with E-state index >= 15 is 0 Å². The monoisotopic (exact) mass is 361 g/mol. The number of nitrogens with zero attached hydrogens (tertiary/aromatic N) is 3. The molecule has 0 fully saturated rings. The van der Waals surface area contributed by atoms with E-state index in [0.29, 0.717) is 10.6 Å². The molecule has 0 atom stereocenters. The molecule has 26 heavy (non-hydrogen) atoms. The minimum atomic E-state index is -0.205. The molecule has 2 aromatic heterocycles. The first-order valence-corrected chi connectivity index (χ1v) is 8.80. The lowest BCUT2D eigenvalue weighted by Gasteiger charge is -2.07. The highest BCUT2D eigenvalue weighted by molar-refractivity contribution is 7.08. The Morgan fingerprint density at radius 2 is 1.92 bits per heavy atom. The van der Waals surface area contributed by atoms with Crippen LogP contribution in [-0.2, 0) is 0 Å². The number of para-hydroxylation sites is 2. The number of fused-ring (bicyclic) bond motifs is 1. The van der Waals surface area contributed by atoms with E-state index in [2.05, 4.69) is 25.1 Å². The van der Waals surface area contributed by atoms with Gasteiger partial charge in [0.15, 0.2) is 0 Å². The Morgan fingerprint density at radius 3 is 2.77 bits per heavy atom. The van der Waals surface area contributed by atoms with Crippen molar-refractivity contribution in [3.05, 3.63) is 70.4 Å². The fourth-order valence-corrected chi connectivity index (χ4v) is 3.21. The second kappa shape index (κ2) is 6.89. The van der Waals surface area contributed by atoms with Gasteiger partial charge in [-0.15, -0.1) is 5.10 Å². The summed E-state index contributed by atoms with van der Waals surface area (Å²) < 4.78 is 3.81. The van der Waals surface area contributed by atoms with Crippen LogP contribution in [0.15, 0.2) is 48.5 Å². The third-order valence-electron chi connectivity index (χ3n) is 3.99. The third-order valence-corrected chi connectivity index (χ3v) is 4.81. The van der Waals surface area contributed by atoms with E-state index < -0.39 is 0 Å². The van der Waals surface area contributed by atoms with E-state index in [1.165, 1.54) is 0 Å². The highest BCUT2D eigenvalue weighted by Crippen LogP contribution is 2.22. The van der Waals surface area contributed by atoms with Gasteiger partial charge in [-0.3, -0.25) is 9.89 Å². The van der Waals surface area contributed by atoms with E-state index in [4.69, 9.17) is 0 Å². The van der Waals surface area contributed by atoms with Gasteiger partial charge >= 0.3 is 0 Å². The van der Waals surface area contributed by atoms with Crippen molar-refractivity contribution in [3.8, 4) is 0 Å². The number of amides is 1. The van der Waals surface area contributed by atoms with E-state index in [1.54, 1.807) is 6.92 Å². The molecule has 2 heterocycles. The summed E-state index contributed by atoms with van der Waals surface area (Å²) in [6.45, 7) is 1.77. The number of aromatic amines is 1. The van der Waals surface area contributed by atoms with Crippen molar-refractivity contribution in [3.63, 3.8) is 0 Å². The van der Waals surface area contributed by atoms with Gasteiger partial charge in [-0.25, -0.2) is 0 Å². The Labute approximate surface area is 153 Å². The van der Waals surface area contributed by atoms with Crippen LogP contribution in [0.4, 0.5) is 5.69 Å². The van der Waals surface area contributed by atoms with Gasteiger partial charge in [-0.2, -0.15) is 5.10 Å². The van der Waals surface area contributed by atoms with Crippen LogP contribution in [0.25, 0.3) is 23.1 Å². The molecule has 0 aliphatic carbocycles. The Hall–Kier alpha value is -3.32. The zero-order chi connectivity index (χ0) is 17.9. The number of aromatic nitrogens is 4. The van der Waals surface area contributed by atoms with Gasteiger partial charge in [0.25, 0.3) is 5.91 Å². The number of anilines is 1. The molecule has 2 N–H and O–H groups in total. The molecule has 6 nitrogen and oxygen atoms in total. The average Bonchev–Trinajstić information content (AvgIpc) is 3.27. The summed E-state index contributed by atoms with van der Waals surface area (Å²) in [5.74, 6) is -0.205. The fraction of sp³-hybridized carbons (Fsp3) is 0.0526. The van der Waals surface area contributed by atoms with Crippen LogP contribution in [0.3, 0.4) is 0 Å². The highest BCUT2D eigenvalue weighted by Gasteiger charge is 2.14. The van der Waals surface area contributed by atoms with E-state index in [0.717, 1.165) is 39.4 Å². The van der Waals surface area contributed by atoms with Crippen molar-refractivity contribution >= 4 is 46.2 Å². The topological polar surface area (TPSA) is 83.6 Å². The molecule has 0 saturated heterocycles. The first-order valence-electron chi connectivity index (χ1n) is 8.03. The average molecular weight is 361 g/mol. The Morgan fingerprint density at radius 1 is 1.12 bits per heavy atom. The van der Waals surface area contributed by atoms with E-state index in [9.17, 15) is 4.79 Å². The van der Waals surface area contributed by atoms with Gasteiger partial charge in [0.1, 0.15) is 4.88 Å². The summed E-state index contributed by atoms with van der Waals surface area (Å²) >= 11 is 1.09. The van der Waals surface area contributed by atoms with Crippen molar-refractivity contribution in [1.82, 2.24) is 19.8 Å². The van der Waals surface area contributed by atoms with Gasteiger partial charge in [-0.05, 0) is 42.2 Å². The number of H-pyrrole nitrogens is 1. The smallest absolute Gasteiger partial charge is 0.269 e. The maximum absolute atomic E-state index is 12.4. The zero-order valence-electron chi connectivity index (χ0n) is 13.9. The molecule has 0 aliphatic rings. The fourth-order valence-electron chi connectivity index (χ4n) is 2.66. The summed E-state index contributed by atoms with van der Waals surface area (Å²) in [6.07, 6.45) is 3.87. The van der Waals surface area contributed by atoms with Crippen molar-refractivity contribution in [2.45, 2.75) is 6.92 Å². The van der Waals surface area contributed by atoms with Crippen LogP contribution in [0.5, 0.6) is 0 Å². The van der Waals surface area contributed by atoms with Crippen molar-refractivity contribution in [2.24, 2.45) is 0 Å². The number of carbonyl (C=O) groups excluding carboxylic acids is 1. The minimum absolute atomic E-state index is 0.205. The lowest BCUT2D eigenvalue weighted by Crippen LogP contribution is -2.12. The number of rotatable bonds is 4. The summed E-state index contributed by atoms with van der Waals surface area (Å²) in [6, 6.07) is 15.6. The standard InChI is InChI=1S/C19H15N5OS/c1-12-18(26-24-21-12)19(25)20-15-8-4-2-6-13(15)10-11-17-14-7-3-5-9-16(14)22-23-17/h2-11H,1H3,(H,20,25)(H,22,23)/b11-10+. The minimum Gasteiger partial charge on any atom is -0.321 e. The second-order valence-corrected chi connectivity index (χ2v) is 6.47. The molecular formula is C19H15N5OS. The third kappa shape index (κ3) is 3.12. The molecule has 4 aromatic rings. The summed E-state index contributed by atoms with van der Waals surface area (Å²) in [5, 5.41) is 15.2. The van der Waals surface area contributed by atoms with Crippen LogP contribution in [0, 0.1) is 6.92 Å². The van der Waals surface area contributed by atoms with Gasteiger partial charge in [-0.1, -0.05) is 47.0 Å². The van der Waals surface area contributed by atoms with Crippen molar-refractivity contribution in [1.29, 1.82) is 0 Å². The van der Waals surface area contributed by atoms with Crippen LogP contribution >= 0.6 is 11.5 Å².